The van der Waals surface area contributed by atoms with Crippen LogP contribution in [-0.2, 0) is 14.3 Å². The van der Waals surface area contributed by atoms with Crippen molar-refractivity contribution in [1.29, 1.82) is 0 Å². The second-order valence-electron chi connectivity index (χ2n) is 6.28. The molecule has 1 unspecified atom stereocenters. The van der Waals surface area contributed by atoms with E-state index in [0.717, 1.165) is 25.7 Å². The van der Waals surface area contributed by atoms with Gasteiger partial charge in [-0.1, -0.05) is 39.0 Å². The number of hydrogen-bond acceptors (Lipinski definition) is 7. The van der Waals surface area contributed by atoms with Crippen LogP contribution in [0.3, 0.4) is 0 Å². The molecule has 0 aliphatic carbocycles. The van der Waals surface area contributed by atoms with Crippen LogP contribution in [-0.4, -0.2) is 68.9 Å². The highest BCUT2D eigenvalue weighted by molar-refractivity contribution is 5.88. The van der Waals surface area contributed by atoms with Gasteiger partial charge in [-0.15, -0.1) is 0 Å². The number of unbranched alkanes of at least 4 members (excludes halogenated alkanes) is 4. The van der Waals surface area contributed by atoms with Gasteiger partial charge in [-0.3, -0.25) is 9.59 Å². The predicted octanol–water partition coefficient (Wildman–Crippen LogP) is -0.779. The summed E-state index contributed by atoms with van der Waals surface area (Å²) in [4.78, 5) is 23.3. The Morgan fingerprint density at radius 1 is 1.08 bits per heavy atom. The Bertz CT molecular complexity index is 417. The van der Waals surface area contributed by atoms with E-state index in [9.17, 15) is 30.0 Å². The molecule has 0 aromatic heterocycles. The zero-order valence-electron chi connectivity index (χ0n) is 14.2. The number of aliphatic hydroxyl groups is 4. The maximum absolute atomic E-state index is 12.2. The van der Waals surface area contributed by atoms with Gasteiger partial charge in [-0.05, 0) is 6.42 Å². The minimum Gasteiger partial charge on any atom is -0.388 e. The fourth-order valence-corrected chi connectivity index (χ4v) is 2.78. The molecular formula is C16H29NO7. The molecule has 1 heterocycles. The lowest BCUT2D eigenvalue weighted by Gasteiger charge is -2.40. The molecule has 0 bridgehead atoms. The van der Waals surface area contributed by atoms with Crippen molar-refractivity contribution >= 4 is 11.7 Å². The van der Waals surface area contributed by atoms with Gasteiger partial charge in [0.25, 0.3) is 0 Å². The summed E-state index contributed by atoms with van der Waals surface area (Å²) in [5, 5.41) is 42.1. The number of aliphatic hydroxyl groups excluding tert-OH is 4. The van der Waals surface area contributed by atoms with Crippen LogP contribution in [0.15, 0.2) is 0 Å². The van der Waals surface area contributed by atoms with E-state index in [0.29, 0.717) is 6.42 Å². The average Bonchev–Trinajstić information content (AvgIpc) is 2.53. The van der Waals surface area contributed by atoms with Gasteiger partial charge in [0, 0.05) is 6.92 Å². The molecule has 1 aliphatic heterocycles. The number of rotatable bonds is 9. The highest BCUT2D eigenvalue weighted by atomic mass is 16.6. The maximum Gasteiger partial charge on any atom is 0.217 e. The number of ether oxygens (including phenoxy) is 1. The Hall–Kier alpha value is -1.06. The van der Waals surface area contributed by atoms with Crippen LogP contribution in [0.25, 0.3) is 0 Å². The molecule has 1 aliphatic rings. The van der Waals surface area contributed by atoms with Crippen molar-refractivity contribution < 1.29 is 34.8 Å². The number of nitrogens with one attached hydrogen (secondary N) is 1. The third kappa shape index (κ3) is 5.78. The lowest BCUT2D eigenvalue weighted by Crippen LogP contribution is -2.65. The zero-order chi connectivity index (χ0) is 18.3. The van der Waals surface area contributed by atoms with Crippen molar-refractivity contribution in [2.45, 2.75) is 89.1 Å². The molecule has 140 valence electrons. The van der Waals surface area contributed by atoms with Crippen molar-refractivity contribution in [3.05, 3.63) is 0 Å². The van der Waals surface area contributed by atoms with Crippen molar-refractivity contribution in [2.75, 3.05) is 0 Å². The SMILES string of the molecule is CCCCCCCC(O)C(=O)[C@H]1O[C@H](O)[C@@H](NC(C)=O)[C@@H](O)[C@@H]1O. The smallest absolute Gasteiger partial charge is 0.217 e. The lowest BCUT2D eigenvalue weighted by atomic mass is 9.91. The van der Waals surface area contributed by atoms with Crippen LogP contribution in [0, 0.1) is 0 Å². The molecule has 1 amide bonds. The minimum absolute atomic E-state index is 0.233. The van der Waals surface area contributed by atoms with Gasteiger partial charge in [-0.25, -0.2) is 0 Å². The molecule has 1 rings (SSSR count). The van der Waals surface area contributed by atoms with Crippen LogP contribution >= 0.6 is 0 Å². The molecule has 1 saturated heterocycles. The Morgan fingerprint density at radius 3 is 2.29 bits per heavy atom. The second-order valence-corrected chi connectivity index (χ2v) is 6.28. The predicted molar refractivity (Wildman–Crippen MR) is 84.9 cm³/mol. The summed E-state index contributed by atoms with van der Waals surface area (Å²) in [6.45, 7) is 3.27. The number of ketones is 1. The molecule has 8 nitrogen and oxygen atoms in total. The molecule has 0 aromatic rings. The van der Waals surface area contributed by atoms with E-state index in [1.165, 1.54) is 6.92 Å². The van der Waals surface area contributed by atoms with E-state index in [-0.39, 0.29) is 6.42 Å². The minimum atomic E-state index is -1.65. The molecule has 0 saturated carbocycles. The standard InChI is InChI=1S/C16H29NO7/c1-3-4-5-6-7-8-10(19)12(20)15-14(22)13(21)11(16(23)24-15)17-9(2)18/h10-11,13-16,19,21-23H,3-8H2,1-2H3,(H,17,18)/t10?,11-,13+,14-,15+,16-/m0/s1. The summed E-state index contributed by atoms with van der Waals surface area (Å²) < 4.78 is 5.03. The number of hydrogen-bond donors (Lipinski definition) is 5. The van der Waals surface area contributed by atoms with Crippen LogP contribution in [0.5, 0.6) is 0 Å². The first kappa shape index (κ1) is 21.0. The summed E-state index contributed by atoms with van der Waals surface area (Å²) in [6.07, 6.45) is -2.75. The molecular weight excluding hydrogens is 318 g/mol. The maximum atomic E-state index is 12.2. The number of Topliss-reactive ketones (excluding diaryl/α,β-unsaturated/α-hetero) is 1. The largest absolute Gasteiger partial charge is 0.388 e. The first-order valence-electron chi connectivity index (χ1n) is 8.48. The van der Waals surface area contributed by atoms with Crippen molar-refractivity contribution in [2.24, 2.45) is 0 Å². The second kappa shape index (κ2) is 10.0. The normalized spacial score (nSPS) is 31.5. The van der Waals surface area contributed by atoms with E-state index in [1.54, 1.807) is 0 Å². The molecule has 5 N–H and O–H groups in total. The third-order valence-electron chi connectivity index (χ3n) is 4.18. The quantitative estimate of drug-likeness (QED) is 0.345. The molecule has 1 fully saturated rings. The first-order chi connectivity index (χ1) is 11.3. The summed E-state index contributed by atoms with van der Waals surface area (Å²) >= 11 is 0. The molecule has 6 atom stereocenters. The molecule has 8 heteroatoms. The molecule has 0 aromatic carbocycles. The Morgan fingerprint density at radius 2 is 1.71 bits per heavy atom. The van der Waals surface area contributed by atoms with Crippen molar-refractivity contribution in [1.82, 2.24) is 5.32 Å². The Kier molecular flexibility index (Phi) is 8.79. The van der Waals surface area contributed by atoms with E-state index in [4.69, 9.17) is 4.74 Å². The first-order valence-corrected chi connectivity index (χ1v) is 8.48. The highest BCUT2D eigenvalue weighted by Crippen LogP contribution is 2.22. The van der Waals surface area contributed by atoms with Crippen molar-refractivity contribution in [3.8, 4) is 0 Å². The fourth-order valence-electron chi connectivity index (χ4n) is 2.78. The van der Waals surface area contributed by atoms with Gasteiger partial charge >= 0.3 is 0 Å². The van der Waals surface area contributed by atoms with Crippen LogP contribution in [0.1, 0.15) is 52.4 Å². The van der Waals surface area contributed by atoms with Crippen LogP contribution in [0.2, 0.25) is 0 Å². The van der Waals surface area contributed by atoms with Gasteiger partial charge in [0.15, 0.2) is 18.2 Å². The monoisotopic (exact) mass is 347 g/mol. The van der Waals surface area contributed by atoms with Gasteiger partial charge in [-0.2, -0.15) is 0 Å². The molecule has 0 radical (unpaired) electrons. The average molecular weight is 347 g/mol. The number of carbonyl (C=O) groups is 2. The van der Waals surface area contributed by atoms with E-state index in [1.807, 2.05) is 0 Å². The summed E-state index contributed by atoms with van der Waals surface area (Å²) in [5.74, 6) is -1.30. The van der Waals surface area contributed by atoms with Gasteiger partial charge in [0.05, 0.1) is 0 Å². The number of amides is 1. The third-order valence-corrected chi connectivity index (χ3v) is 4.18. The lowest BCUT2D eigenvalue weighted by molar-refractivity contribution is -0.244. The summed E-state index contributed by atoms with van der Waals surface area (Å²) in [5.41, 5.74) is 0. The fraction of sp³-hybridized carbons (Fsp3) is 0.875. The van der Waals surface area contributed by atoms with E-state index in [2.05, 4.69) is 12.2 Å². The highest BCUT2D eigenvalue weighted by Gasteiger charge is 2.48. The molecule has 0 spiro atoms. The van der Waals surface area contributed by atoms with Gasteiger partial charge < -0.3 is 30.5 Å². The van der Waals surface area contributed by atoms with Crippen LogP contribution < -0.4 is 5.32 Å². The Labute approximate surface area is 141 Å². The Balaban J connectivity index is 2.56. The van der Waals surface area contributed by atoms with Gasteiger partial charge in [0.2, 0.25) is 5.91 Å². The zero-order valence-corrected chi connectivity index (χ0v) is 14.2. The van der Waals surface area contributed by atoms with Crippen molar-refractivity contribution in [3.63, 3.8) is 0 Å². The van der Waals surface area contributed by atoms with E-state index < -0.39 is 48.4 Å². The molecule has 24 heavy (non-hydrogen) atoms. The number of carbonyl (C=O) groups excluding carboxylic acids is 2. The summed E-state index contributed by atoms with van der Waals surface area (Å²) in [7, 11) is 0. The van der Waals surface area contributed by atoms with Crippen LogP contribution in [0.4, 0.5) is 0 Å². The topological polar surface area (TPSA) is 136 Å². The van der Waals surface area contributed by atoms with Gasteiger partial charge in [0.1, 0.15) is 24.4 Å². The summed E-state index contributed by atoms with van der Waals surface area (Å²) in [6, 6.07) is -1.24. The van der Waals surface area contributed by atoms with E-state index >= 15 is 0 Å².